The van der Waals surface area contributed by atoms with E-state index < -0.39 is 0 Å². The van der Waals surface area contributed by atoms with E-state index in [1.807, 2.05) is 36.6 Å². The molecule has 1 aliphatic heterocycles. The fourth-order valence-corrected chi connectivity index (χ4v) is 3.20. The van der Waals surface area contributed by atoms with Gasteiger partial charge in [-0.1, -0.05) is 6.07 Å². The Hall–Kier alpha value is -2.14. The Bertz CT molecular complexity index is 680. The summed E-state index contributed by atoms with van der Waals surface area (Å²) in [6.07, 6.45) is 1.26. The quantitative estimate of drug-likeness (QED) is 0.945. The molecule has 2 amide bonds. The van der Waals surface area contributed by atoms with Crippen LogP contribution >= 0.6 is 11.3 Å². The lowest BCUT2D eigenvalue weighted by atomic mass is 10.0. The third-order valence-corrected chi connectivity index (χ3v) is 4.47. The zero-order chi connectivity index (χ0) is 14.8. The molecule has 0 spiro atoms. The Morgan fingerprint density at radius 3 is 2.90 bits per heavy atom. The van der Waals surface area contributed by atoms with Crippen LogP contribution in [-0.2, 0) is 11.2 Å². The SMILES string of the molecule is CCN1C(=O)CCc2cc(NC(=O)c3cccs3)ccc21. The van der Waals surface area contributed by atoms with E-state index in [9.17, 15) is 9.59 Å². The Balaban J connectivity index is 1.83. The van der Waals surface area contributed by atoms with Gasteiger partial charge in [-0.25, -0.2) is 0 Å². The van der Waals surface area contributed by atoms with Gasteiger partial charge in [0.1, 0.15) is 0 Å². The van der Waals surface area contributed by atoms with Crippen molar-refractivity contribution in [2.24, 2.45) is 0 Å². The maximum absolute atomic E-state index is 12.1. The van der Waals surface area contributed by atoms with E-state index >= 15 is 0 Å². The predicted octanol–water partition coefficient (Wildman–Crippen LogP) is 3.30. The summed E-state index contributed by atoms with van der Waals surface area (Å²) in [4.78, 5) is 26.4. The number of hydrogen-bond acceptors (Lipinski definition) is 3. The van der Waals surface area contributed by atoms with Crippen molar-refractivity contribution in [1.82, 2.24) is 0 Å². The van der Waals surface area contributed by atoms with Gasteiger partial charge < -0.3 is 10.2 Å². The largest absolute Gasteiger partial charge is 0.321 e. The van der Waals surface area contributed by atoms with Gasteiger partial charge in [0.05, 0.1) is 4.88 Å². The molecule has 4 nitrogen and oxygen atoms in total. The van der Waals surface area contributed by atoms with Crippen molar-refractivity contribution < 1.29 is 9.59 Å². The number of nitrogens with zero attached hydrogens (tertiary/aromatic N) is 1. The summed E-state index contributed by atoms with van der Waals surface area (Å²) < 4.78 is 0. The summed E-state index contributed by atoms with van der Waals surface area (Å²) in [5, 5.41) is 4.79. The second-order valence-electron chi connectivity index (χ2n) is 4.91. The number of fused-ring (bicyclic) bond motifs is 1. The molecule has 0 unspecified atom stereocenters. The third kappa shape index (κ3) is 2.69. The molecule has 5 heteroatoms. The van der Waals surface area contributed by atoms with Gasteiger partial charge >= 0.3 is 0 Å². The number of rotatable bonds is 3. The Morgan fingerprint density at radius 2 is 2.19 bits per heavy atom. The number of aryl methyl sites for hydroxylation is 1. The standard InChI is InChI=1S/C16H16N2O2S/c1-2-18-13-7-6-12(10-11(13)5-8-15(18)19)17-16(20)14-4-3-9-21-14/h3-4,6-7,9-10H,2,5,8H2,1H3,(H,17,20). The summed E-state index contributed by atoms with van der Waals surface area (Å²) in [5.74, 6) is 0.0737. The zero-order valence-electron chi connectivity index (χ0n) is 11.8. The van der Waals surface area contributed by atoms with Crippen molar-refractivity contribution in [3.05, 3.63) is 46.2 Å². The molecule has 2 heterocycles. The Morgan fingerprint density at radius 1 is 1.33 bits per heavy atom. The molecule has 0 bridgehead atoms. The summed E-state index contributed by atoms with van der Waals surface area (Å²) in [7, 11) is 0. The lowest BCUT2D eigenvalue weighted by Crippen LogP contribution is -2.34. The van der Waals surface area contributed by atoms with Crippen molar-refractivity contribution in [3.63, 3.8) is 0 Å². The van der Waals surface area contributed by atoms with E-state index in [-0.39, 0.29) is 11.8 Å². The third-order valence-electron chi connectivity index (χ3n) is 3.60. The van der Waals surface area contributed by atoms with Gasteiger partial charge in [-0.3, -0.25) is 9.59 Å². The molecule has 2 aromatic rings. The molecule has 0 atom stereocenters. The number of anilines is 2. The maximum atomic E-state index is 12.1. The molecular weight excluding hydrogens is 284 g/mol. The summed E-state index contributed by atoms with van der Waals surface area (Å²) in [6.45, 7) is 2.65. The number of thiophene rings is 1. The number of benzene rings is 1. The second-order valence-corrected chi connectivity index (χ2v) is 5.86. The van der Waals surface area contributed by atoms with Crippen molar-refractivity contribution in [2.75, 3.05) is 16.8 Å². The molecule has 0 fully saturated rings. The topological polar surface area (TPSA) is 49.4 Å². The Kier molecular flexibility index (Phi) is 3.75. The van der Waals surface area contributed by atoms with Crippen molar-refractivity contribution in [2.45, 2.75) is 19.8 Å². The van der Waals surface area contributed by atoms with Crippen LogP contribution in [0, 0.1) is 0 Å². The molecule has 1 N–H and O–H groups in total. The van der Waals surface area contributed by atoms with E-state index in [4.69, 9.17) is 0 Å². The van der Waals surface area contributed by atoms with Gasteiger partial charge in [0, 0.05) is 24.3 Å². The molecule has 3 rings (SSSR count). The lowest BCUT2D eigenvalue weighted by molar-refractivity contribution is -0.118. The van der Waals surface area contributed by atoms with Crippen molar-refractivity contribution in [1.29, 1.82) is 0 Å². The van der Waals surface area contributed by atoms with Crippen molar-refractivity contribution >= 4 is 34.5 Å². The highest BCUT2D eigenvalue weighted by Gasteiger charge is 2.23. The molecule has 1 aromatic heterocycles. The van der Waals surface area contributed by atoms with Crippen LogP contribution in [-0.4, -0.2) is 18.4 Å². The van der Waals surface area contributed by atoms with Crippen LogP contribution in [0.3, 0.4) is 0 Å². The smallest absolute Gasteiger partial charge is 0.265 e. The van der Waals surface area contributed by atoms with Gasteiger partial charge in [-0.2, -0.15) is 0 Å². The predicted molar refractivity (Wildman–Crippen MR) is 85.1 cm³/mol. The van der Waals surface area contributed by atoms with Gasteiger partial charge in [0.25, 0.3) is 5.91 Å². The fraction of sp³-hybridized carbons (Fsp3) is 0.250. The average Bonchev–Trinajstić information content (AvgIpc) is 3.02. The van der Waals surface area contributed by atoms with Crippen LogP contribution in [0.4, 0.5) is 11.4 Å². The van der Waals surface area contributed by atoms with Crippen LogP contribution in [0.15, 0.2) is 35.7 Å². The fourth-order valence-electron chi connectivity index (χ4n) is 2.58. The van der Waals surface area contributed by atoms with Crippen LogP contribution < -0.4 is 10.2 Å². The van der Waals surface area contributed by atoms with Gasteiger partial charge in [0.15, 0.2) is 0 Å². The molecule has 0 aliphatic carbocycles. The minimum Gasteiger partial charge on any atom is -0.321 e. The second kappa shape index (κ2) is 5.69. The van der Waals surface area contributed by atoms with Gasteiger partial charge in [-0.15, -0.1) is 11.3 Å². The summed E-state index contributed by atoms with van der Waals surface area (Å²) >= 11 is 1.42. The number of carbonyl (C=O) groups excluding carboxylic acids is 2. The highest BCUT2D eigenvalue weighted by atomic mass is 32.1. The normalized spacial score (nSPS) is 14.0. The summed E-state index contributed by atoms with van der Waals surface area (Å²) in [5.41, 5.74) is 2.85. The number of amides is 2. The first-order valence-electron chi connectivity index (χ1n) is 6.97. The number of nitrogens with one attached hydrogen (secondary N) is 1. The molecule has 108 valence electrons. The van der Waals surface area contributed by atoms with Crippen LogP contribution in [0.5, 0.6) is 0 Å². The van der Waals surface area contributed by atoms with Gasteiger partial charge in [0.2, 0.25) is 5.91 Å². The molecule has 0 saturated carbocycles. The van der Waals surface area contributed by atoms with E-state index in [2.05, 4.69) is 5.32 Å². The van der Waals surface area contributed by atoms with Gasteiger partial charge in [-0.05, 0) is 48.6 Å². The lowest BCUT2D eigenvalue weighted by Gasteiger charge is -2.28. The van der Waals surface area contributed by atoms with E-state index in [0.29, 0.717) is 17.8 Å². The molecular formula is C16H16N2O2S. The minimum absolute atomic E-state index is 0.0933. The number of carbonyl (C=O) groups is 2. The molecule has 1 aromatic carbocycles. The van der Waals surface area contributed by atoms with E-state index in [0.717, 1.165) is 23.4 Å². The number of hydrogen-bond donors (Lipinski definition) is 1. The van der Waals surface area contributed by atoms with Crippen LogP contribution in [0.1, 0.15) is 28.6 Å². The first-order chi connectivity index (χ1) is 10.2. The van der Waals surface area contributed by atoms with E-state index in [1.165, 1.54) is 11.3 Å². The highest BCUT2D eigenvalue weighted by molar-refractivity contribution is 7.12. The van der Waals surface area contributed by atoms with Crippen LogP contribution in [0.25, 0.3) is 0 Å². The maximum Gasteiger partial charge on any atom is 0.265 e. The first-order valence-corrected chi connectivity index (χ1v) is 7.85. The first kappa shape index (κ1) is 13.8. The average molecular weight is 300 g/mol. The molecule has 0 radical (unpaired) electrons. The molecule has 1 aliphatic rings. The molecule has 0 saturated heterocycles. The Labute approximate surface area is 127 Å². The van der Waals surface area contributed by atoms with Crippen LogP contribution in [0.2, 0.25) is 0 Å². The summed E-state index contributed by atoms with van der Waals surface area (Å²) in [6, 6.07) is 9.40. The highest BCUT2D eigenvalue weighted by Crippen LogP contribution is 2.30. The monoisotopic (exact) mass is 300 g/mol. The minimum atomic E-state index is -0.0933. The molecule has 21 heavy (non-hydrogen) atoms. The van der Waals surface area contributed by atoms with E-state index in [1.54, 1.807) is 11.0 Å². The van der Waals surface area contributed by atoms with Crippen molar-refractivity contribution in [3.8, 4) is 0 Å². The zero-order valence-corrected chi connectivity index (χ0v) is 12.6.